The zero-order valence-corrected chi connectivity index (χ0v) is 19.3. The van der Waals surface area contributed by atoms with Gasteiger partial charge in [0.2, 0.25) is 0 Å². The molecule has 1 fully saturated rings. The SMILES string of the molecule is CCCCCN1CCNC(C)(C)C1(CCCCC)CCCCC.Cl.Cl. The molecule has 0 aromatic heterocycles. The van der Waals surface area contributed by atoms with Crippen LogP contribution in [0.3, 0.4) is 0 Å². The minimum Gasteiger partial charge on any atom is -0.309 e. The first-order valence-corrected chi connectivity index (χ1v) is 10.5. The van der Waals surface area contributed by atoms with E-state index in [0.717, 1.165) is 6.54 Å². The molecule has 0 unspecified atom stereocenters. The van der Waals surface area contributed by atoms with E-state index in [1.807, 2.05) is 0 Å². The third-order valence-corrected chi connectivity index (χ3v) is 6.14. The van der Waals surface area contributed by atoms with E-state index in [1.54, 1.807) is 0 Å². The van der Waals surface area contributed by atoms with Crippen molar-refractivity contribution in [3.8, 4) is 0 Å². The van der Waals surface area contributed by atoms with Gasteiger partial charge in [-0.2, -0.15) is 0 Å². The van der Waals surface area contributed by atoms with Crippen LogP contribution in [0.15, 0.2) is 0 Å². The maximum absolute atomic E-state index is 3.88. The van der Waals surface area contributed by atoms with Gasteiger partial charge in [0.05, 0.1) is 0 Å². The largest absolute Gasteiger partial charge is 0.309 e. The van der Waals surface area contributed by atoms with Gasteiger partial charge in [0, 0.05) is 24.2 Å². The standard InChI is InChI=1S/C21H44N2.2ClH/c1-6-9-12-15-21(16-13-10-7-2)20(4,5)22-17-19-23(21)18-14-11-8-3;;/h22H,6-19H2,1-5H3;2*1H. The Kier molecular flexibility index (Phi) is 16.1. The zero-order chi connectivity index (χ0) is 17.2. The van der Waals surface area contributed by atoms with E-state index >= 15 is 0 Å². The van der Waals surface area contributed by atoms with Gasteiger partial charge in [-0.25, -0.2) is 0 Å². The Balaban J connectivity index is 0. The Bertz CT molecular complexity index is 298. The maximum Gasteiger partial charge on any atom is 0.0386 e. The Morgan fingerprint density at radius 1 is 0.760 bits per heavy atom. The molecule has 0 spiro atoms. The number of hydrogen-bond donors (Lipinski definition) is 1. The number of piperazine rings is 1. The van der Waals surface area contributed by atoms with Gasteiger partial charge in [0.1, 0.15) is 0 Å². The summed E-state index contributed by atoms with van der Waals surface area (Å²) in [6.45, 7) is 15.6. The molecule has 1 aliphatic heterocycles. The Hall–Kier alpha value is 0.500. The van der Waals surface area contributed by atoms with Crippen molar-refractivity contribution in [2.75, 3.05) is 19.6 Å². The first kappa shape index (κ1) is 27.7. The Labute approximate surface area is 171 Å². The van der Waals surface area contributed by atoms with Crippen LogP contribution in [-0.4, -0.2) is 35.6 Å². The van der Waals surface area contributed by atoms with Gasteiger partial charge in [0.25, 0.3) is 0 Å². The summed E-state index contributed by atoms with van der Waals surface area (Å²) < 4.78 is 0. The van der Waals surface area contributed by atoms with Crippen molar-refractivity contribution in [2.45, 2.75) is 116 Å². The fourth-order valence-corrected chi connectivity index (χ4v) is 4.56. The van der Waals surface area contributed by atoms with Gasteiger partial charge in [0.15, 0.2) is 0 Å². The fourth-order valence-electron chi connectivity index (χ4n) is 4.56. The molecule has 1 rings (SSSR count). The van der Waals surface area contributed by atoms with Gasteiger partial charge in [-0.15, -0.1) is 24.8 Å². The van der Waals surface area contributed by atoms with Crippen molar-refractivity contribution in [3.05, 3.63) is 0 Å². The normalized spacial score (nSPS) is 19.1. The molecular formula is C21H46Cl2N2. The average Bonchev–Trinajstić information content (AvgIpc) is 2.51. The van der Waals surface area contributed by atoms with Crippen molar-refractivity contribution < 1.29 is 0 Å². The second kappa shape index (κ2) is 14.5. The van der Waals surface area contributed by atoms with Crippen LogP contribution < -0.4 is 5.32 Å². The highest BCUT2D eigenvalue weighted by molar-refractivity contribution is 5.85. The highest BCUT2D eigenvalue weighted by atomic mass is 35.5. The molecule has 2 nitrogen and oxygen atoms in total. The van der Waals surface area contributed by atoms with E-state index in [2.05, 4.69) is 44.8 Å². The summed E-state index contributed by atoms with van der Waals surface area (Å²) in [4.78, 5) is 2.89. The van der Waals surface area contributed by atoms with E-state index in [0.29, 0.717) is 5.54 Å². The van der Waals surface area contributed by atoms with E-state index in [4.69, 9.17) is 0 Å². The lowest BCUT2D eigenvalue weighted by molar-refractivity contribution is -0.0379. The Morgan fingerprint density at radius 2 is 1.24 bits per heavy atom. The van der Waals surface area contributed by atoms with Crippen LogP contribution in [0.5, 0.6) is 0 Å². The number of hydrogen-bond acceptors (Lipinski definition) is 2. The van der Waals surface area contributed by atoms with Crippen LogP contribution in [0.2, 0.25) is 0 Å². The molecule has 1 saturated heterocycles. The molecule has 0 radical (unpaired) electrons. The van der Waals surface area contributed by atoms with E-state index in [9.17, 15) is 0 Å². The molecule has 0 bridgehead atoms. The zero-order valence-electron chi connectivity index (χ0n) is 17.7. The first-order chi connectivity index (χ1) is 11.0. The number of halogens is 2. The first-order valence-electron chi connectivity index (χ1n) is 10.5. The fraction of sp³-hybridized carbons (Fsp3) is 1.00. The molecule has 1 N–H and O–H groups in total. The van der Waals surface area contributed by atoms with Gasteiger partial charge < -0.3 is 5.32 Å². The third kappa shape index (κ3) is 7.95. The smallest absolute Gasteiger partial charge is 0.0386 e. The van der Waals surface area contributed by atoms with E-state index in [-0.39, 0.29) is 30.4 Å². The molecule has 0 amide bonds. The molecule has 0 atom stereocenters. The molecule has 1 heterocycles. The van der Waals surface area contributed by atoms with Crippen molar-refractivity contribution in [1.82, 2.24) is 10.2 Å². The second-order valence-electron chi connectivity index (χ2n) is 8.19. The number of nitrogens with one attached hydrogen (secondary N) is 1. The van der Waals surface area contributed by atoms with Crippen LogP contribution in [0, 0.1) is 0 Å². The molecule has 4 heteroatoms. The van der Waals surface area contributed by atoms with Gasteiger partial charge >= 0.3 is 0 Å². The predicted molar refractivity (Wildman–Crippen MR) is 119 cm³/mol. The third-order valence-electron chi connectivity index (χ3n) is 6.14. The molecular weight excluding hydrogens is 351 g/mol. The van der Waals surface area contributed by atoms with Crippen molar-refractivity contribution in [2.24, 2.45) is 0 Å². The quantitative estimate of drug-likeness (QED) is 0.373. The highest BCUT2D eigenvalue weighted by Gasteiger charge is 2.49. The molecule has 0 aromatic carbocycles. The van der Waals surface area contributed by atoms with E-state index < -0.39 is 0 Å². The van der Waals surface area contributed by atoms with E-state index in [1.165, 1.54) is 83.7 Å². The summed E-state index contributed by atoms with van der Waals surface area (Å²) >= 11 is 0. The number of rotatable bonds is 12. The lowest BCUT2D eigenvalue weighted by Gasteiger charge is -2.58. The van der Waals surface area contributed by atoms with Crippen LogP contribution in [0.1, 0.15) is 105 Å². The summed E-state index contributed by atoms with van der Waals surface area (Å²) in [7, 11) is 0. The summed E-state index contributed by atoms with van der Waals surface area (Å²) in [6, 6.07) is 0. The van der Waals surface area contributed by atoms with Crippen LogP contribution in [-0.2, 0) is 0 Å². The number of unbranched alkanes of at least 4 members (excludes halogenated alkanes) is 6. The minimum absolute atomic E-state index is 0. The van der Waals surface area contributed by atoms with Crippen molar-refractivity contribution >= 4 is 24.8 Å². The lowest BCUT2D eigenvalue weighted by Crippen LogP contribution is -2.72. The summed E-state index contributed by atoms with van der Waals surface area (Å²) in [5.74, 6) is 0. The molecule has 25 heavy (non-hydrogen) atoms. The van der Waals surface area contributed by atoms with Gasteiger partial charge in [-0.1, -0.05) is 72.1 Å². The topological polar surface area (TPSA) is 15.3 Å². The highest BCUT2D eigenvalue weighted by Crippen LogP contribution is 2.40. The molecule has 0 aliphatic carbocycles. The monoisotopic (exact) mass is 396 g/mol. The maximum atomic E-state index is 3.88. The summed E-state index contributed by atoms with van der Waals surface area (Å²) in [5, 5.41) is 3.88. The summed E-state index contributed by atoms with van der Waals surface area (Å²) in [5.41, 5.74) is 0.599. The van der Waals surface area contributed by atoms with Gasteiger partial charge in [-0.3, -0.25) is 4.90 Å². The molecule has 1 aliphatic rings. The summed E-state index contributed by atoms with van der Waals surface area (Å²) in [6.07, 6.45) is 15.0. The van der Waals surface area contributed by atoms with Crippen molar-refractivity contribution in [1.29, 1.82) is 0 Å². The molecule has 154 valence electrons. The lowest BCUT2D eigenvalue weighted by atomic mass is 9.69. The molecule has 0 saturated carbocycles. The Morgan fingerprint density at radius 3 is 1.72 bits per heavy atom. The van der Waals surface area contributed by atoms with Crippen LogP contribution in [0.25, 0.3) is 0 Å². The predicted octanol–water partition coefficient (Wildman–Crippen LogP) is 6.60. The number of nitrogens with zero attached hydrogens (tertiary/aromatic N) is 1. The van der Waals surface area contributed by atoms with Crippen molar-refractivity contribution in [3.63, 3.8) is 0 Å². The minimum atomic E-state index is 0. The van der Waals surface area contributed by atoms with Crippen LogP contribution in [0.4, 0.5) is 0 Å². The average molecular weight is 398 g/mol. The second-order valence-corrected chi connectivity index (χ2v) is 8.19. The van der Waals surface area contributed by atoms with Crippen LogP contribution >= 0.6 is 24.8 Å². The molecule has 0 aromatic rings. The van der Waals surface area contributed by atoms with Gasteiger partial charge in [-0.05, 0) is 39.7 Å².